The van der Waals surface area contributed by atoms with Crippen LogP contribution in [0, 0.1) is 13.8 Å². The standard InChI is InChI=1S/C13H19N5O2S/c1-4-18-8-15-17-12(18)7-16-21(19,20)13-9(2)5-6-11(14)10(13)3/h5-6,8,16H,4,7,14H2,1-3H3. The molecule has 3 N–H and O–H groups in total. The molecule has 0 aliphatic carbocycles. The minimum absolute atomic E-state index is 0.0872. The van der Waals surface area contributed by atoms with E-state index in [1.807, 2.05) is 6.92 Å². The van der Waals surface area contributed by atoms with Crippen molar-refractivity contribution in [3.05, 3.63) is 35.4 Å². The zero-order valence-electron chi connectivity index (χ0n) is 12.3. The lowest BCUT2D eigenvalue weighted by atomic mass is 10.1. The largest absolute Gasteiger partial charge is 0.398 e. The highest BCUT2D eigenvalue weighted by Gasteiger charge is 2.21. The van der Waals surface area contributed by atoms with Crippen molar-refractivity contribution in [2.75, 3.05) is 5.73 Å². The van der Waals surface area contributed by atoms with E-state index in [1.165, 1.54) is 0 Å². The number of hydrogen-bond acceptors (Lipinski definition) is 5. The van der Waals surface area contributed by atoms with Crippen LogP contribution in [0.3, 0.4) is 0 Å². The number of sulfonamides is 1. The Bertz CT molecular complexity index is 752. The van der Waals surface area contributed by atoms with Gasteiger partial charge in [-0.25, -0.2) is 13.1 Å². The number of anilines is 1. The van der Waals surface area contributed by atoms with Gasteiger partial charge in [0.1, 0.15) is 12.2 Å². The summed E-state index contributed by atoms with van der Waals surface area (Å²) in [5, 5.41) is 7.68. The minimum atomic E-state index is -3.66. The maximum atomic E-state index is 12.5. The van der Waals surface area contributed by atoms with Crippen LogP contribution in [0.15, 0.2) is 23.4 Å². The Labute approximate surface area is 124 Å². The number of hydrogen-bond donors (Lipinski definition) is 2. The van der Waals surface area contributed by atoms with Gasteiger partial charge in [0.05, 0.1) is 11.4 Å². The SMILES string of the molecule is CCn1cnnc1CNS(=O)(=O)c1c(C)ccc(N)c1C. The second-order valence-electron chi connectivity index (χ2n) is 4.78. The Kier molecular flexibility index (Phi) is 4.29. The lowest BCUT2D eigenvalue weighted by Gasteiger charge is -2.13. The summed E-state index contributed by atoms with van der Waals surface area (Å²) in [6.07, 6.45) is 1.57. The molecule has 0 aliphatic heterocycles. The van der Waals surface area contributed by atoms with Gasteiger partial charge in [-0.15, -0.1) is 10.2 Å². The Morgan fingerprint density at radius 2 is 2.05 bits per heavy atom. The van der Waals surface area contributed by atoms with Crippen molar-refractivity contribution in [1.29, 1.82) is 0 Å². The van der Waals surface area contributed by atoms with Crippen LogP contribution in [0.1, 0.15) is 23.9 Å². The predicted molar refractivity (Wildman–Crippen MR) is 80.0 cm³/mol. The number of aryl methyl sites for hydroxylation is 2. The van der Waals surface area contributed by atoms with E-state index in [0.717, 1.165) is 0 Å². The van der Waals surface area contributed by atoms with Gasteiger partial charge in [-0.1, -0.05) is 6.07 Å². The third kappa shape index (κ3) is 3.06. The summed E-state index contributed by atoms with van der Waals surface area (Å²) in [7, 11) is -3.66. The summed E-state index contributed by atoms with van der Waals surface area (Å²) in [6, 6.07) is 3.41. The molecule has 0 radical (unpaired) electrons. The van der Waals surface area contributed by atoms with E-state index in [2.05, 4.69) is 14.9 Å². The van der Waals surface area contributed by atoms with Crippen LogP contribution in [0.2, 0.25) is 0 Å². The van der Waals surface area contributed by atoms with E-state index in [0.29, 0.717) is 29.2 Å². The van der Waals surface area contributed by atoms with Crippen LogP contribution in [-0.4, -0.2) is 23.2 Å². The Balaban J connectivity index is 2.30. The molecule has 0 bridgehead atoms. The number of rotatable bonds is 5. The third-order valence-corrected chi connectivity index (χ3v) is 5.06. The number of nitrogen functional groups attached to an aromatic ring is 1. The first kappa shape index (κ1) is 15.5. The summed E-state index contributed by atoms with van der Waals surface area (Å²) in [6.45, 7) is 6.15. The predicted octanol–water partition coefficient (Wildman–Crippen LogP) is 0.976. The molecule has 7 nitrogen and oxygen atoms in total. The average Bonchev–Trinajstić information content (AvgIpc) is 2.88. The molecule has 0 saturated carbocycles. The van der Waals surface area contributed by atoms with Crippen LogP contribution < -0.4 is 10.5 Å². The first-order valence-corrected chi connectivity index (χ1v) is 8.07. The molecule has 0 atom stereocenters. The van der Waals surface area contributed by atoms with Gasteiger partial charge in [-0.05, 0) is 38.0 Å². The molecule has 0 amide bonds. The normalized spacial score (nSPS) is 11.8. The van der Waals surface area contributed by atoms with E-state index in [4.69, 9.17) is 5.73 Å². The van der Waals surface area contributed by atoms with Crippen LogP contribution in [-0.2, 0) is 23.1 Å². The minimum Gasteiger partial charge on any atom is -0.398 e. The zero-order chi connectivity index (χ0) is 15.6. The summed E-state index contributed by atoms with van der Waals surface area (Å²) >= 11 is 0. The number of aromatic nitrogens is 3. The molecule has 2 rings (SSSR count). The Hall–Kier alpha value is -1.93. The number of benzene rings is 1. The molecule has 21 heavy (non-hydrogen) atoms. The van der Waals surface area contributed by atoms with E-state index >= 15 is 0 Å². The quantitative estimate of drug-likeness (QED) is 0.801. The fourth-order valence-corrected chi connectivity index (χ4v) is 3.64. The summed E-state index contributed by atoms with van der Waals surface area (Å²) in [4.78, 5) is 0.227. The molecule has 0 saturated heterocycles. The van der Waals surface area contributed by atoms with Crippen molar-refractivity contribution in [2.24, 2.45) is 0 Å². The van der Waals surface area contributed by atoms with Gasteiger partial charge in [-0.2, -0.15) is 0 Å². The molecular formula is C13H19N5O2S. The summed E-state index contributed by atoms with van der Waals surface area (Å²) < 4.78 is 29.3. The van der Waals surface area contributed by atoms with Gasteiger partial charge in [0.2, 0.25) is 10.0 Å². The van der Waals surface area contributed by atoms with Gasteiger partial charge in [-0.3, -0.25) is 0 Å². The zero-order valence-corrected chi connectivity index (χ0v) is 13.1. The van der Waals surface area contributed by atoms with E-state index in [9.17, 15) is 8.42 Å². The first-order valence-electron chi connectivity index (χ1n) is 6.58. The van der Waals surface area contributed by atoms with E-state index in [1.54, 1.807) is 36.9 Å². The van der Waals surface area contributed by atoms with Crippen molar-refractivity contribution in [2.45, 2.75) is 38.8 Å². The molecule has 2 aromatic rings. The van der Waals surface area contributed by atoms with Crippen molar-refractivity contribution in [1.82, 2.24) is 19.5 Å². The Morgan fingerprint density at radius 3 is 2.71 bits per heavy atom. The van der Waals surface area contributed by atoms with Crippen molar-refractivity contribution < 1.29 is 8.42 Å². The molecule has 0 spiro atoms. The van der Waals surface area contributed by atoms with Gasteiger partial charge in [0.25, 0.3) is 0 Å². The molecule has 0 aliphatic rings. The van der Waals surface area contributed by atoms with E-state index < -0.39 is 10.0 Å². The number of nitrogens with two attached hydrogens (primary N) is 1. The molecule has 1 aromatic carbocycles. The highest BCUT2D eigenvalue weighted by Crippen LogP contribution is 2.24. The van der Waals surface area contributed by atoms with Gasteiger partial charge in [0.15, 0.2) is 0 Å². The highest BCUT2D eigenvalue weighted by molar-refractivity contribution is 7.89. The van der Waals surface area contributed by atoms with Crippen molar-refractivity contribution in [3.8, 4) is 0 Å². The smallest absolute Gasteiger partial charge is 0.241 e. The van der Waals surface area contributed by atoms with Gasteiger partial charge < -0.3 is 10.3 Å². The molecule has 114 valence electrons. The molecule has 8 heteroatoms. The monoisotopic (exact) mass is 309 g/mol. The molecule has 0 unspecified atom stereocenters. The summed E-state index contributed by atoms with van der Waals surface area (Å²) in [5.74, 6) is 0.570. The van der Waals surface area contributed by atoms with Crippen LogP contribution in [0.5, 0.6) is 0 Å². The van der Waals surface area contributed by atoms with Crippen LogP contribution in [0.25, 0.3) is 0 Å². The van der Waals surface area contributed by atoms with E-state index in [-0.39, 0.29) is 11.4 Å². The average molecular weight is 309 g/mol. The molecule has 1 aromatic heterocycles. The lowest BCUT2D eigenvalue weighted by molar-refractivity contribution is 0.574. The second-order valence-corrected chi connectivity index (χ2v) is 6.49. The van der Waals surface area contributed by atoms with Crippen molar-refractivity contribution >= 4 is 15.7 Å². The van der Waals surface area contributed by atoms with Crippen LogP contribution >= 0.6 is 0 Å². The molecule has 1 heterocycles. The Morgan fingerprint density at radius 1 is 1.33 bits per heavy atom. The summed E-state index contributed by atoms with van der Waals surface area (Å²) in [5.41, 5.74) is 7.47. The lowest BCUT2D eigenvalue weighted by Crippen LogP contribution is -2.26. The maximum absolute atomic E-state index is 12.5. The van der Waals surface area contributed by atoms with Crippen molar-refractivity contribution in [3.63, 3.8) is 0 Å². The number of nitrogens with one attached hydrogen (secondary N) is 1. The van der Waals surface area contributed by atoms with Gasteiger partial charge >= 0.3 is 0 Å². The fraction of sp³-hybridized carbons (Fsp3) is 0.385. The van der Waals surface area contributed by atoms with Crippen LogP contribution in [0.4, 0.5) is 5.69 Å². The topological polar surface area (TPSA) is 103 Å². The third-order valence-electron chi connectivity index (χ3n) is 3.37. The number of nitrogens with zero attached hydrogens (tertiary/aromatic N) is 3. The maximum Gasteiger partial charge on any atom is 0.241 e. The molecule has 0 fully saturated rings. The highest BCUT2D eigenvalue weighted by atomic mass is 32.2. The molecular weight excluding hydrogens is 290 g/mol. The first-order chi connectivity index (χ1) is 9.86. The fourth-order valence-electron chi connectivity index (χ4n) is 2.17. The van der Waals surface area contributed by atoms with Gasteiger partial charge in [0, 0.05) is 12.2 Å². The second kappa shape index (κ2) is 5.82.